The van der Waals surface area contributed by atoms with Gasteiger partial charge in [-0.05, 0) is 22.9 Å². The molecule has 2 N–H and O–H groups in total. The lowest BCUT2D eigenvalue weighted by atomic mass is 9.99. The quantitative estimate of drug-likeness (QED) is 0.899. The van der Waals surface area contributed by atoms with Gasteiger partial charge in [0.1, 0.15) is 11.9 Å². The second-order valence-corrected chi connectivity index (χ2v) is 5.09. The number of ether oxygens (including phenoxy) is 2. The summed E-state index contributed by atoms with van der Waals surface area (Å²) in [6, 6.07) is 12.0. The fourth-order valence-corrected chi connectivity index (χ4v) is 2.76. The van der Waals surface area contributed by atoms with Crippen LogP contribution in [0.5, 0.6) is 5.75 Å². The fraction of sp³-hybridized carbons (Fsp3) is 0.375. The molecule has 1 unspecified atom stereocenters. The monoisotopic (exact) mass is 274 g/mol. The molecule has 0 amide bonds. The number of methoxy groups -OCH3 is 1. The van der Waals surface area contributed by atoms with E-state index in [2.05, 4.69) is 0 Å². The summed E-state index contributed by atoms with van der Waals surface area (Å²) >= 11 is 0. The van der Waals surface area contributed by atoms with E-state index in [0.717, 1.165) is 22.1 Å². The van der Waals surface area contributed by atoms with Crippen LogP contribution in [0.1, 0.15) is 18.1 Å². The standard InChI is InChI=1S/C16H18O4/c1-19-14-7-11-5-3-2-4-10(11)6-12(14)15-8-13(18)16(9-17)20-15/h2-7,13,15-18H,8-9H2,1H3/t13?,15-,16-/m1/s1. The topological polar surface area (TPSA) is 58.9 Å². The molecule has 2 aromatic carbocycles. The molecule has 3 rings (SSSR count). The van der Waals surface area contributed by atoms with Gasteiger partial charge in [-0.2, -0.15) is 0 Å². The summed E-state index contributed by atoms with van der Waals surface area (Å²) in [6.07, 6.45) is -0.931. The van der Waals surface area contributed by atoms with Crippen molar-refractivity contribution in [3.63, 3.8) is 0 Å². The first-order valence-electron chi connectivity index (χ1n) is 6.74. The van der Waals surface area contributed by atoms with Gasteiger partial charge in [-0.1, -0.05) is 24.3 Å². The Kier molecular flexibility index (Phi) is 3.61. The number of aliphatic hydroxyl groups excluding tert-OH is 2. The van der Waals surface area contributed by atoms with Crippen LogP contribution < -0.4 is 4.74 Å². The molecule has 3 atom stereocenters. The van der Waals surface area contributed by atoms with Crippen LogP contribution in [0.2, 0.25) is 0 Å². The van der Waals surface area contributed by atoms with Gasteiger partial charge in [0.15, 0.2) is 0 Å². The summed E-state index contributed by atoms with van der Waals surface area (Å²) in [7, 11) is 1.63. The summed E-state index contributed by atoms with van der Waals surface area (Å²) in [5, 5.41) is 21.3. The van der Waals surface area contributed by atoms with Crippen LogP contribution in [0.4, 0.5) is 0 Å². The zero-order valence-electron chi connectivity index (χ0n) is 11.3. The van der Waals surface area contributed by atoms with Gasteiger partial charge in [0.2, 0.25) is 0 Å². The highest BCUT2D eigenvalue weighted by atomic mass is 16.5. The smallest absolute Gasteiger partial charge is 0.125 e. The van der Waals surface area contributed by atoms with Crippen molar-refractivity contribution < 1.29 is 19.7 Å². The van der Waals surface area contributed by atoms with Crippen molar-refractivity contribution in [2.75, 3.05) is 13.7 Å². The van der Waals surface area contributed by atoms with Crippen LogP contribution >= 0.6 is 0 Å². The highest BCUT2D eigenvalue weighted by molar-refractivity contribution is 5.85. The van der Waals surface area contributed by atoms with E-state index in [-0.39, 0.29) is 12.7 Å². The molecule has 1 saturated heterocycles. The minimum Gasteiger partial charge on any atom is -0.496 e. The Morgan fingerprint density at radius 1 is 1.25 bits per heavy atom. The molecule has 1 heterocycles. The second kappa shape index (κ2) is 5.40. The minimum atomic E-state index is -0.638. The first-order chi connectivity index (χ1) is 9.72. The van der Waals surface area contributed by atoms with Crippen LogP contribution in [0.3, 0.4) is 0 Å². The number of fused-ring (bicyclic) bond motifs is 1. The largest absolute Gasteiger partial charge is 0.496 e. The molecule has 4 heteroatoms. The van der Waals surface area contributed by atoms with Gasteiger partial charge in [-0.3, -0.25) is 0 Å². The van der Waals surface area contributed by atoms with E-state index in [9.17, 15) is 10.2 Å². The van der Waals surface area contributed by atoms with Crippen molar-refractivity contribution in [2.24, 2.45) is 0 Å². The van der Waals surface area contributed by atoms with E-state index in [1.165, 1.54) is 0 Å². The van der Waals surface area contributed by atoms with E-state index < -0.39 is 12.2 Å². The van der Waals surface area contributed by atoms with Crippen LogP contribution in [0.25, 0.3) is 10.8 Å². The molecule has 2 aromatic rings. The summed E-state index contributed by atoms with van der Waals surface area (Å²) < 4.78 is 11.2. The summed E-state index contributed by atoms with van der Waals surface area (Å²) in [5.41, 5.74) is 0.918. The minimum absolute atomic E-state index is 0.173. The Morgan fingerprint density at radius 3 is 2.55 bits per heavy atom. The van der Waals surface area contributed by atoms with E-state index in [0.29, 0.717) is 6.42 Å². The van der Waals surface area contributed by atoms with Crippen molar-refractivity contribution >= 4 is 10.8 Å². The van der Waals surface area contributed by atoms with Crippen LogP contribution in [0, 0.1) is 0 Å². The van der Waals surface area contributed by atoms with Gasteiger partial charge in [-0.25, -0.2) is 0 Å². The average Bonchev–Trinajstić information content (AvgIpc) is 2.86. The molecule has 106 valence electrons. The Morgan fingerprint density at radius 2 is 1.95 bits per heavy atom. The van der Waals surface area contributed by atoms with Gasteiger partial charge in [0.25, 0.3) is 0 Å². The Bertz CT molecular complexity index is 610. The molecule has 0 aromatic heterocycles. The van der Waals surface area contributed by atoms with Gasteiger partial charge >= 0.3 is 0 Å². The summed E-state index contributed by atoms with van der Waals surface area (Å²) in [6.45, 7) is -0.173. The SMILES string of the molecule is COc1cc2ccccc2cc1[C@H]1CC(O)[C@@H](CO)O1. The lowest BCUT2D eigenvalue weighted by Gasteiger charge is -2.16. The molecule has 1 fully saturated rings. The number of rotatable bonds is 3. The Balaban J connectivity index is 2.02. The van der Waals surface area contributed by atoms with Crippen molar-refractivity contribution in [1.29, 1.82) is 0 Å². The molecule has 0 aliphatic carbocycles. The molecule has 0 saturated carbocycles. The number of aliphatic hydroxyl groups is 2. The third-order valence-corrected chi connectivity index (χ3v) is 3.85. The van der Waals surface area contributed by atoms with Gasteiger partial charge in [-0.15, -0.1) is 0 Å². The lowest BCUT2D eigenvalue weighted by molar-refractivity contribution is -0.0230. The normalized spacial score (nSPS) is 26.1. The molecular weight excluding hydrogens is 256 g/mol. The third kappa shape index (κ3) is 2.26. The molecular formula is C16H18O4. The van der Waals surface area contributed by atoms with E-state index in [4.69, 9.17) is 9.47 Å². The van der Waals surface area contributed by atoms with Gasteiger partial charge in [0.05, 0.1) is 25.9 Å². The number of benzene rings is 2. The predicted octanol–water partition coefficient (Wildman–Crippen LogP) is 2.03. The van der Waals surface area contributed by atoms with Crippen molar-refractivity contribution in [3.05, 3.63) is 42.0 Å². The molecule has 1 aliphatic heterocycles. The molecule has 0 radical (unpaired) electrons. The number of hydrogen-bond donors (Lipinski definition) is 2. The molecule has 20 heavy (non-hydrogen) atoms. The molecule has 0 spiro atoms. The highest BCUT2D eigenvalue weighted by Crippen LogP contribution is 2.39. The highest BCUT2D eigenvalue weighted by Gasteiger charge is 2.35. The van der Waals surface area contributed by atoms with Crippen LogP contribution in [-0.2, 0) is 4.74 Å². The zero-order valence-corrected chi connectivity index (χ0v) is 11.3. The fourth-order valence-electron chi connectivity index (χ4n) is 2.76. The predicted molar refractivity (Wildman–Crippen MR) is 75.8 cm³/mol. The maximum absolute atomic E-state index is 9.87. The zero-order chi connectivity index (χ0) is 14.1. The molecule has 1 aliphatic rings. The lowest BCUT2D eigenvalue weighted by Crippen LogP contribution is -2.24. The Hall–Kier alpha value is -1.62. The third-order valence-electron chi connectivity index (χ3n) is 3.85. The second-order valence-electron chi connectivity index (χ2n) is 5.09. The first kappa shape index (κ1) is 13.4. The summed E-state index contributed by atoms with van der Waals surface area (Å²) in [4.78, 5) is 0. The first-order valence-corrected chi connectivity index (χ1v) is 6.74. The Labute approximate surface area is 117 Å². The maximum atomic E-state index is 9.87. The van der Waals surface area contributed by atoms with Gasteiger partial charge < -0.3 is 19.7 Å². The summed E-state index contributed by atoms with van der Waals surface area (Å²) in [5.74, 6) is 0.750. The van der Waals surface area contributed by atoms with Crippen LogP contribution in [0.15, 0.2) is 36.4 Å². The van der Waals surface area contributed by atoms with Crippen molar-refractivity contribution in [1.82, 2.24) is 0 Å². The molecule has 4 nitrogen and oxygen atoms in total. The van der Waals surface area contributed by atoms with Gasteiger partial charge in [0, 0.05) is 12.0 Å². The van der Waals surface area contributed by atoms with E-state index >= 15 is 0 Å². The maximum Gasteiger partial charge on any atom is 0.125 e. The number of hydrogen-bond acceptors (Lipinski definition) is 4. The van der Waals surface area contributed by atoms with Crippen LogP contribution in [-0.4, -0.2) is 36.1 Å². The van der Waals surface area contributed by atoms with Crippen molar-refractivity contribution in [3.8, 4) is 5.75 Å². The molecule has 0 bridgehead atoms. The average molecular weight is 274 g/mol. The van der Waals surface area contributed by atoms with E-state index in [1.807, 2.05) is 36.4 Å². The van der Waals surface area contributed by atoms with Crippen molar-refractivity contribution in [2.45, 2.75) is 24.7 Å². The van der Waals surface area contributed by atoms with E-state index in [1.54, 1.807) is 7.11 Å².